The molecule has 0 aromatic heterocycles. The normalized spacial score (nSPS) is 13.0. The molecule has 1 aromatic carbocycles. The fourth-order valence-electron chi connectivity index (χ4n) is 1.47. The monoisotopic (exact) mass is 372 g/mol. The van der Waals surface area contributed by atoms with E-state index in [2.05, 4.69) is 5.32 Å². The lowest BCUT2D eigenvalue weighted by Crippen LogP contribution is -2.29. The predicted octanol–water partition coefficient (Wildman–Crippen LogP) is 1.14. The molecule has 0 aliphatic rings. The number of hydrogen-bond acceptors (Lipinski definition) is 4. The van der Waals surface area contributed by atoms with Crippen LogP contribution in [0.15, 0.2) is 17.0 Å². The van der Waals surface area contributed by atoms with Gasteiger partial charge in [0, 0.05) is 28.9 Å². The van der Waals surface area contributed by atoms with Crippen molar-refractivity contribution >= 4 is 49.9 Å². The van der Waals surface area contributed by atoms with Crippen LogP contribution < -0.4 is 10.5 Å². The smallest absolute Gasteiger partial charge is 0.254 e. The van der Waals surface area contributed by atoms with Crippen LogP contribution in [0.3, 0.4) is 0 Å². The van der Waals surface area contributed by atoms with Crippen molar-refractivity contribution < 1.29 is 17.4 Å². The van der Waals surface area contributed by atoms with Crippen LogP contribution in [-0.2, 0) is 20.8 Å². The molecule has 0 aliphatic heterocycles. The second kappa shape index (κ2) is 7.55. The maximum Gasteiger partial charge on any atom is 0.254 e. The zero-order chi connectivity index (χ0) is 16.2. The Morgan fingerprint density at radius 1 is 1.38 bits per heavy atom. The van der Waals surface area contributed by atoms with Crippen molar-refractivity contribution in [1.82, 2.24) is 5.32 Å². The Morgan fingerprint density at radius 2 is 2.00 bits per heavy atom. The third-order valence-electron chi connectivity index (χ3n) is 2.53. The number of sulfonamides is 1. The Morgan fingerprint density at radius 3 is 2.52 bits per heavy atom. The molecule has 0 spiro atoms. The first-order chi connectivity index (χ1) is 9.68. The third kappa shape index (κ3) is 4.93. The van der Waals surface area contributed by atoms with Crippen LogP contribution in [0.25, 0.3) is 0 Å². The van der Waals surface area contributed by atoms with Crippen molar-refractivity contribution in [3.8, 4) is 0 Å². The molecule has 1 aromatic rings. The molecular weight excluding hydrogens is 359 g/mol. The maximum atomic E-state index is 12.0. The lowest BCUT2D eigenvalue weighted by molar-refractivity contribution is 0.0956. The van der Waals surface area contributed by atoms with Gasteiger partial charge in [0.05, 0.1) is 15.6 Å². The molecule has 21 heavy (non-hydrogen) atoms. The van der Waals surface area contributed by atoms with Gasteiger partial charge in [-0.15, -0.1) is 0 Å². The van der Waals surface area contributed by atoms with E-state index >= 15 is 0 Å². The minimum absolute atomic E-state index is 0.00140. The van der Waals surface area contributed by atoms with Gasteiger partial charge in [-0.1, -0.05) is 30.1 Å². The van der Waals surface area contributed by atoms with E-state index in [4.69, 9.17) is 28.3 Å². The Balaban J connectivity index is 3.02. The average molecular weight is 373 g/mol. The van der Waals surface area contributed by atoms with E-state index in [-0.39, 0.29) is 32.8 Å². The van der Waals surface area contributed by atoms with Crippen molar-refractivity contribution in [2.24, 2.45) is 5.14 Å². The summed E-state index contributed by atoms with van der Waals surface area (Å²) in [5, 5.41) is 7.16. The van der Waals surface area contributed by atoms with Crippen LogP contribution in [0.2, 0.25) is 10.0 Å². The summed E-state index contributed by atoms with van der Waals surface area (Å²) in [4.78, 5) is 11.6. The van der Waals surface area contributed by atoms with Crippen molar-refractivity contribution in [3.05, 3.63) is 27.7 Å². The van der Waals surface area contributed by atoms with Gasteiger partial charge in [-0.2, -0.15) is 0 Å². The van der Waals surface area contributed by atoms with Crippen molar-refractivity contribution in [2.75, 3.05) is 18.1 Å². The zero-order valence-electron chi connectivity index (χ0n) is 11.1. The lowest BCUT2D eigenvalue weighted by Gasteiger charge is -2.10. The molecule has 0 heterocycles. The fraction of sp³-hybridized carbons (Fsp3) is 0.364. The molecule has 118 valence electrons. The number of benzene rings is 1. The number of amides is 1. The molecule has 0 radical (unpaired) electrons. The summed E-state index contributed by atoms with van der Waals surface area (Å²) < 4.78 is 34.0. The van der Waals surface area contributed by atoms with Gasteiger partial charge < -0.3 is 5.32 Å². The molecule has 0 bridgehead atoms. The van der Waals surface area contributed by atoms with Gasteiger partial charge in [-0.3, -0.25) is 9.00 Å². The van der Waals surface area contributed by atoms with Crippen molar-refractivity contribution in [1.29, 1.82) is 0 Å². The summed E-state index contributed by atoms with van der Waals surface area (Å²) >= 11 is 11.8. The Labute approximate surface area is 135 Å². The fourth-order valence-corrected chi connectivity index (χ4v) is 3.57. The summed E-state index contributed by atoms with van der Waals surface area (Å²) in [6.45, 7) is 1.92. The molecule has 3 N–H and O–H groups in total. The maximum absolute atomic E-state index is 12.0. The van der Waals surface area contributed by atoms with Gasteiger partial charge in [0.25, 0.3) is 5.91 Å². The van der Waals surface area contributed by atoms with Gasteiger partial charge in [-0.05, 0) is 12.1 Å². The SMILES string of the molecule is CCS(=O)CCNC(=O)c1c(Cl)ccc(S(N)(=O)=O)c1Cl. The molecule has 1 atom stereocenters. The van der Waals surface area contributed by atoms with Crippen LogP contribution in [0.5, 0.6) is 0 Å². The first-order valence-electron chi connectivity index (χ1n) is 5.82. The number of carbonyl (C=O) groups is 1. The highest BCUT2D eigenvalue weighted by atomic mass is 35.5. The Hall–Kier alpha value is -0.670. The van der Waals surface area contributed by atoms with E-state index in [1.807, 2.05) is 0 Å². The quantitative estimate of drug-likeness (QED) is 0.780. The molecular formula is C11H14Cl2N2O4S2. The van der Waals surface area contributed by atoms with Crippen molar-refractivity contribution in [2.45, 2.75) is 11.8 Å². The van der Waals surface area contributed by atoms with E-state index in [0.717, 1.165) is 6.07 Å². The lowest BCUT2D eigenvalue weighted by atomic mass is 10.2. The Bertz CT molecular complexity index is 677. The Kier molecular flexibility index (Phi) is 6.61. The van der Waals surface area contributed by atoms with Crippen LogP contribution in [-0.4, -0.2) is 36.6 Å². The molecule has 6 nitrogen and oxygen atoms in total. The standard InChI is InChI=1S/C11H14Cl2N2O4S2/c1-2-20(17)6-5-15-11(16)9-7(12)3-4-8(10(9)13)21(14,18)19/h3-4H,2,5-6H2,1H3,(H,15,16)(H2,14,18,19). The van der Waals surface area contributed by atoms with Crippen LogP contribution in [0.1, 0.15) is 17.3 Å². The molecule has 1 amide bonds. The minimum Gasteiger partial charge on any atom is -0.351 e. The summed E-state index contributed by atoms with van der Waals surface area (Å²) in [6.07, 6.45) is 0. The number of hydrogen-bond donors (Lipinski definition) is 2. The zero-order valence-corrected chi connectivity index (χ0v) is 14.2. The topological polar surface area (TPSA) is 106 Å². The van der Waals surface area contributed by atoms with Crippen LogP contribution in [0.4, 0.5) is 0 Å². The first kappa shape index (κ1) is 18.4. The minimum atomic E-state index is -4.06. The third-order valence-corrected chi connectivity index (χ3v) is 5.60. The summed E-state index contributed by atoms with van der Waals surface area (Å²) in [5.74, 6) is 0.119. The van der Waals surface area contributed by atoms with Gasteiger partial charge in [-0.25, -0.2) is 13.6 Å². The van der Waals surface area contributed by atoms with E-state index in [0.29, 0.717) is 5.75 Å². The van der Waals surface area contributed by atoms with Crippen LogP contribution in [0, 0.1) is 0 Å². The van der Waals surface area contributed by atoms with E-state index in [1.54, 1.807) is 6.92 Å². The molecule has 0 fully saturated rings. The van der Waals surface area contributed by atoms with E-state index in [9.17, 15) is 17.4 Å². The van der Waals surface area contributed by atoms with E-state index < -0.39 is 26.7 Å². The van der Waals surface area contributed by atoms with Crippen LogP contribution >= 0.6 is 23.2 Å². The molecule has 0 aliphatic carbocycles. The highest BCUT2D eigenvalue weighted by Crippen LogP contribution is 2.30. The number of primary sulfonamides is 1. The number of rotatable bonds is 6. The first-order valence-corrected chi connectivity index (χ1v) is 9.61. The second-order valence-electron chi connectivity index (χ2n) is 3.97. The average Bonchev–Trinajstić information content (AvgIpc) is 2.36. The van der Waals surface area contributed by atoms with E-state index in [1.165, 1.54) is 6.07 Å². The number of halogens is 2. The number of nitrogens with one attached hydrogen (secondary N) is 1. The van der Waals surface area contributed by atoms with Crippen molar-refractivity contribution in [3.63, 3.8) is 0 Å². The predicted molar refractivity (Wildman–Crippen MR) is 83.7 cm³/mol. The summed E-state index contributed by atoms with van der Waals surface area (Å²) in [7, 11) is -5.09. The second-order valence-corrected chi connectivity index (χ2v) is 8.15. The molecule has 1 unspecified atom stereocenters. The van der Waals surface area contributed by atoms with Gasteiger partial charge in [0.15, 0.2) is 0 Å². The molecule has 10 heteroatoms. The van der Waals surface area contributed by atoms with Gasteiger partial charge in [0.1, 0.15) is 4.90 Å². The highest BCUT2D eigenvalue weighted by molar-refractivity contribution is 7.89. The van der Waals surface area contributed by atoms with Gasteiger partial charge >= 0.3 is 0 Å². The summed E-state index contributed by atoms with van der Waals surface area (Å²) in [5.41, 5.74) is -0.174. The number of carbonyl (C=O) groups excluding carboxylic acids is 1. The molecule has 0 saturated carbocycles. The highest BCUT2D eigenvalue weighted by Gasteiger charge is 2.22. The molecule has 0 saturated heterocycles. The molecule has 1 rings (SSSR count). The number of nitrogens with two attached hydrogens (primary N) is 1. The largest absolute Gasteiger partial charge is 0.351 e. The van der Waals surface area contributed by atoms with Gasteiger partial charge in [0.2, 0.25) is 10.0 Å². The summed E-state index contributed by atoms with van der Waals surface area (Å²) in [6, 6.07) is 2.36.